The van der Waals surface area contributed by atoms with Crippen LogP contribution in [0.4, 0.5) is 4.39 Å². The second-order valence-corrected chi connectivity index (χ2v) is 7.27. The molecule has 3 rings (SSSR count). The Hall–Kier alpha value is -0.450. The third kappa shape index (κ3) is 3.85. The van der Waals surface area contributed by atoms with Crippen molar-refractivity contribution >= 4 is 15.9 Å². The van der Waals surface area contributed by atoms with Gasteiger partial charge in [0.25, 0.3) is 0 Å². The minimum absolute atomic E-state index is 0.176. The van der Waals surface area contributed by atoms with Crippen LogP contribution in [0.1, 0.15) is 50.6 Å². The quantitative estimate of drug-likeness (QED) is 0.849. The first kappa shape index (κ1) is 15.4. The maximum absolute atomic E-state index is 13.3. The molecule has 0 aromatic heterocycles. The Labute approximate surface area is 135 Å². The maximum atomic E-state index is 13.3. The van der Waals surface area contributed by atoms with Crippen molar-refractivity contribution in [1.82, 2.24) is 10.2 Å². The van der Waals surface area contributed by atoms with E-state index in [-0.39, 0.29) is 5.82 Å². The highest BCUT2D eigenvalue weighted by Gasteiger charge is 2.34. The second-order valence-electron chi connectivity index (χ2n) is 6.42. The normalized spacial score (nSPS) is 24.3. The molecule has 116 valence electrons. The molecule has 21 heavy (non-hydrogen) atoms. The predicted molar refractivity (Wildman–Crippen MR) is 87.9 cm³/mol. The lowest BCUT2D eigenvalue weighted by atomic mass is 10.0. The van der Waals surface area contributed by atoms with E-state index in [0.29, 0.717) is 18.1 Å². The first-order valence-corrected chi connectivity index (χ1v) is 8.88. The summed E-state index contributed by atoms with van der Waals surface area (Å²) in [6.07, 6.45) is 6.52. The number of rotatable bonds is 5. The highest BCUT2D eigenvalue weighted by atomic mass is 79.9. The van der Waals surface area contributed by atoms with Crippen molar-refractivity contribution in [1.29, 1.82) is 0 Å². The minimum atomic E-state index is -0.176. The lowest BCUT2D eigenvalue weighted by molar-refractivity contribution is 0.166. The molecule has 2 nitrogen and oxygen atoms in total. The van der Waals surface area contributed by atoms with Gasteiger partial charge in [-0.3, -0.25) is 4.90 Å². The van der Waals surface area contributed by atoms with Crippen molar-refractivity contribution in [3.63, 3.8) is 0 Å². The summed E-state index contributed by atoms with van der Waals surface area (Å²) >= 11 is 3.53. The Morgan fingerprint density at radius 2 is 2.14 bits per heavy atom. The molecule has 1 N–H and O–H groups in total. The fourth-order valence-corrected chi connectivity index (χ4v) is 4.07. The van der Waals surface area contributed by atoms with Crippen LogP contribution in [0, 0.1) is 5.82 Å². The number of piperidine rings is 1. The Bertz CT molecular complexity index is 484. The fraction of sp³-hybridized carbons (Fsp3) is 0.647. The first-order chi connectivity index (χ1) is 10.1. The molecule has 2 aliphatic rings. The van der Waals surface area contributed by atoms with Crippen LogP contribution in [0.5, 0.6) is 0 Å². The van der Waals surface area contributed by atoms with Crippen LogP contribution in [0.2, 0.25) is 0 Å². The molecule has 0 amide bonds. The summed E-state index contributed by atoms with van der Waals surface area (Å²) in [5, 5.41) is 3.65. The number of halogens is 2. The zero-order chi connectivity index (χ0) is 14.8. The summed E-state index contributed by atoms with van der Waals surface area (Å²) in [5.41, 5.74) is 1.19. The maximum Gasteiger partial charge on any atom is 0.124 e. The first-order valence-electron chi connectivity index (χ1n) is 8.09. The van der Waals surface area contributed by atoms with Gasteiger partial charge in [-0.15, -0.1) is 0 Å². The Kier molecular flexibility index (Phi) is 4.97. The van der Waals surface area contributed by atoms with Crippen molar-refractivity contribution in [2.45, 2.75) is 57.2 Å². The van der Waals surface area contributed by atoms with Gasteiger partial charge in [-0.1, -0.05) is 28.4 Å². The molecule has 0 bridgehead atoms. The van der Waals surface area contributed by atoms with Gasteiger partial charge in [0.15, 0.2) is 0 Å². The van der Waals surface area contributed by atoms with E-state index in [2.05, 4.69) is 33.1 Å². The summed E-state index contributed by atoms with van der Waals surface area (Å²) in [7, 11) is 0. The van der Waals surface area contributed by atoms with E-state index in [1.807, 2.05) is 6.07 Å². The highest BCUT2D eigenvalue weighted by Crippen LogP contribution is 2.37. The number of nitrogens with one attached hydrogen (secondary N) is 1. The van der Waals surface area contributed by atoms with E-state index >= 15 is 0 Å². The number of nitrogens with zero attached hydrogens (tertiary/aromatic N) is 1. The van der Waals surface area contributed by atoms with Crippen LogP contribution in [-0.2, 0) is 0 Å². The molecule has 1 saturated heterocycles. The SMILES string of the molecule is CC(c1ccc(F)cc1Br)N(CC1CCCCN1)C1CC1. The van der Waals surface area contributed by atoms with E-state index in [9.17, 15) is 4.39 Å². The van der Waals surface area contributed by atoms with E-state index in [1.165, 1.54) is 37.7 Å². The van der Waals surface area contributed by atoms with E-state index in [1.54, 1.807) is 12.1 Å². The molecule has 1 aliphatic carbocycles. The van der Waals surface area contributed by atoms with E-state index < -0.39 is 0 Å². The van der Waals surface area contributed by atoms with Crippen molar-refractivity contribution < 1.29 is 4.39 Å². The van der Waals surface area contributed by atoms with Crippen molar-refractivity contribution in [2.75, 3.05) is 13.1 Å². The van der Waals surface area contributed by atoms with Crippen molar-refractivity contribution in [2.24, 2.45) is 0 Å². The average molecular weight is 355 g/mol. The molecule has 2 unspecified atom stereocenters. The predicted octanol–water partition coefficient (Wildman–Crippen LogP) is 4.26. The summed E-state index contributed by atoms with van der Waals surface area (Å²) in [6, 6.07) is 6.72. The molecular formula is C17H24BrFN2. The summed E-state index contributed by atoms with van der Waals surface area (Å²) in [5.74, 6) is -0.176. The number of hydrogen-bond acceptors (Lipinski definition) is 2. The van der Waals surface area contributed by atoms with Crippen LogP contribution in [0.25, 0.3) is 0 Å². The third-order valence-corrected chi connectivity index (χ3v) is 5.46. The van der Waals surface area contributed by atoms with Gasteiger partial charge in [0.1, 0.15) is 5.82 Å². The van der Waals surface area contributed by atoms with Crippen molar-refractivity contribution in [3.8, 4) is 0 Å². The molecule has 4 heteroatoms. The fourth-order valence-electron chi connectivity index (χ4n) is 3.38. The molecular weight excluding hydrogens is 331 g/mol. The van der Waals surface area contributed by atoms with Gasteiger partial charge in [-0.25, -0.2) is 4.39 Å². The molecule has 1 saturated carbocycles. The van der Waals surface area contributed by atoms with Crippen LogP contribution < -0.4 is 5.32 Å². The van der Waals surface area contributed by atoms with Crippen molar-refractivity contribution in [3.05, 3.63) is 34.1 Å². The Morgan fingerprint density at radius 3 is 2.76 bits per heavy atom. The molecule has 1 aromatic carbocycles. The molecule has 2 fully saturated rings. The van der Waals surface area contributed by atoms with Gasteiger partial charge in [-0.05, 0) is 56.8 Å². The standard InChI is InChI=1S/C17H24BrFN2/c1-12(16-8-5-13(19)10-17(16)18)21(15-6-7-15)11-14-4-2-3-9-20-14/h5,8,10,12,14-15,20H,2-4,6-7,9,11H2,1H3. The monoisotopic (exact) mass is 354 g/mol. The van der Waals surface area contributed by atoms with Crippen LogP contribution in [0.3, 0.4) is 0 Å². The van der Waals surface area contributed by atoms with Crippen LogP contribution in [-0.4, -0.2) is 30.1 Å². The van der Waals surface area contributed by atoms with Crippen LogP contribution >= 0.6 is 15.9 Å². The molecule has 1 heterocycles. The largest absolute Gasteiger partial charge is 0.313 e. The Balaban J connectivity index is 1.73. The zero-order valence-electron chi connectivity index (χ0n) is 12.6. The minimum Gasteiger partial charge on any atom is -0.313 e. The highest BCUT2D eigenvalue weighted by molar-refractivity contribution is 9.10. The van der Waals surface area contributed by atoms with Gasteiger partial charge in [0.05, 0.1) is 0 Å². The van der Waals surface area contributed by atoms with Gasteiger partial charge >= 0.3 is 0 Å². The van der Waals surface area contributed by atoms with Gasteiger partial charge in [0.2, 0.25) is 0 Å². The molecule has 1 aromatic rings. The van der Waals surface area contributed by atoms with Gasteiger partial charge in [-0.2, -0.15) is 0 Å². The lowest BCUT2D eigenvalue weighted by Gasteiger charge is -2.35. The second kappa shape index (κ2) is 6.76. The summed E-state index contributed by atoms with van der Waals surface area (Å²) < 4.78 is 14.2. The van der Waals surface area contributed by atoms with Gasteiger partial charge < -0.3 is 5.32 Å². The van der Waals surface area contributed by atoms with E-state index in [4.69, 9.17) is 0 Å². The molecule has 1 aliphatic heterocycles. The molecule has 0 radical (unpaired) electrons. The average Bonchev–Trinajstić information content (AvgIpc) is 3.30. The van der Waals surface area contributed by atoms with Gasteiger partial charge in [0, 0.05) is 29.1 Å². The lowest BCUT2D eigenvalue weighted by Crippen LogP contribution is -2.45. The summed E-state index contributed by atoms with van der Waals surface area (Å²) in [6.45, 7) is 4.51. The molecule has 2 atom stereocenters. The smallest absolute Gasteiger partial charge is 0.124 e. The van der Waals surface area contributed by atoms with E-state index in [0.717, 1.165) is 17.6 Å². The molecule has 0 spiro atoms. The third-order valence-electron chi connectivity index (χ3n) is 4.77. The number of benzene rings is 1. The summed E-state index contributed by atoms with van der Waals surface area (Å²) in [4.78, 5) is 2.61. The topological polar surface area (TPSA) is 15.3 Å². The Morgan fingerprint density at radius 1 is 1.33 bits per heavy atom. The van der Waals surface area contributed by atoms with Crippen LogP contribution in [0.15, 0.2) is 22.7 Å². The number of hydrogen-bond donors (Lipinski definition) is 1. The zero-order valence-corrected chi connectivity index (χ0v) is 14.2.